The minimum atomic E-state index is -5.16. The fourth-order valence-corrected chi connectivity index (χ4v) is 2.82. The van der Waals surface area contributed by atoms with Crippen LogP contribution in [0.1, 0.15) is 12.5 Å². The van der Waals surface area contributed by atoms with Crippen LogP contribution in [0.4, 0.5) is 26.3 Å². The van der Waals surface area contributed by atoms with Crippen molar-refractivity contribution in [3.8, 4) is 16.9 Å². The van der Waals surface area contributed by atoms with Gasteiger partial charge in [0.05, 0.1) is 0 Å². The average Bonchev–Trinajstić information content (AvgIpc) is 2.60. The molecule has 1 nitrogen and oxygen atoms in total. The fourth-order valence-electron chi connectivity index (χ4n) is 2.82. The van der Waals surface area contributed by atoms with E-state index in [4.69, 9.17) is 4.74 Å². The van der Waals surface area contributed by atoms with Crippen LogP contribution in [0.2, 0.25) is 0 Å². The highest BCUT2D eigenvalue weighted by molar-refractivity contribution is 5.88. The van der Waals surface area contributed by atoms with Crippen LogP contribution in [0.25, 0.3) is 21.9 Å². The molecule has 146 valence electrons. The third-order valence-corrected chi connectivity index (χ3v) is 4.15. The van der Waals surface area contributed by atoms with E-state index in [2.05, 4.69) is 0 Å². The van der Waals surface area contributed by atoms with Gasteiger partial charge in [0.2, 0.25) is 0 Å². The predicted octanol–water partition coefficient (Wildman–Crippen LogP) is 6.90. The molecule has 3 aromatic rings. The molecule has 0 heterocycles. The molecular formula is C21H14F6O. The minimum absolute atomic E-state index is 0.103. The highest BCUT2D eigenvalue weighted by Gasteiger charge is 2.38. The molecule has 0 amide bonds. The van der Waals surface area contributed by atoms with Gasteiger partial charge in [0, 0.05) is 17.0 Å². The number of alkyl halides is 3. The molecule has 0 saturated heterocycles. The zero-order valence-electron chi connectivity index (χ0n) is 14.6. The van der Waals surface area contributed by atoms with Gasteiger partial charge >= 0.3 is 6.18 Å². The Hall–Kier alpha value is -2.96. The summed E-state index contributed by atoms with van der Waals surface area (Å²) in [5.41, 5.74) is -1.55. The molecule has 0 atom stereocenters. The number of benzene rings is 3. The first-order valence-electron chi connectivity index (χ1n) is 8.25. The van der Waals surface area contributed by atoms with Crippen LogP contribution in [0.3, 0.4) is 0 Å². The van der Waals surface area contributed by atoms with Gasteiger partial charge in [0.1, 0.15) is 35.4 Å². The van der Waals surface area contributed by atoms with Crippen LogP contribution in [-0.4, -0.2) is 6.61 Å². The zero-order valence-corrected chi connectivity index (χ0v) is 14.6. The quantitative estimate of drug-likeness (QED) is 0.344. The van der Waals surface area contributed by atoms with Gasteiger partial charge in [0.25, 0.3) is 0 Å². The van der Waals surface area contributed by atoms with Gasteiger partial charge in [0.15, 0.2) is 0 Å². The number of ether oxygens (including phenoxy) is 1. The van der Waals surface area contributed by atoms with Gasteiger partial charge in [-0.3, -0.25) is 0 Å². The Balaban J connectivity index is 2.03. The number of halogens is 6. The van der Waals surface area contributed by atoms with Gasteiger partial charge in [-0.05, 0) is 42.1 Å². The summed E-state index contributed by atoms with van der Waals surface area (Å²) >= 11 is 0. The summed E-state index contributed by atoms with van der Waals surface area (Å²) in [6, 6.07) is 8.31. The lowest BCUT2D eigenvalue weighted by molar-refractivity contribution is -0.142. The van der Waals surface area contributed by atoms with E-state index in [-0.39, 0.29) is 23.1 Å². The molecule has 0 aliphatic rings. The Bertz CT molecular complexity index is 1050. The number of rotatable bonds is 4. The zero-order chi connectivity index (χ0) is 20.5. The molecule has 0 aliphatic heterocycles. The maximum Gasteiger partial charge on any atom is 0.422 e. The van der Waals surface area contributed by atoms with Crippen molar-refractivity contribution in [1.29, 1.82) is 0 Å². The Morgan fingerprint density at radius 3 is 2.32 bits per heavy atom. The lowest BCUT2D eigenvalue weighted by Crippen LogP contribution is -2.11. The van der Waals surface area contributed by atoms with E-state index < -0.39 is 34.6 Å². The van der Waals surface area contributed by atoms with Gasteiger partial charge in [-0.1, -0.05) is 24.3 Å². The van der Waals surface area contributed by atoms with Crippen molar-refractivity contribution in [1.82, 2.24) is 0 Å². The maximum atomic E-state index is 14.4. The van der Waals surface area contributed by atoms with Crippen molar-refractivity contribution < 1.29 is 31.1 Å². The van der Waals surface area contributed by atoms with Crippen LogP contribution in [0.5, 0.6) is 5.75 Å². The molecule has 0 aromatic heterocycles. The molecule has 28 heavy (non-hydrogen) atoms. The van der Waals surface area contributed by atoms with Crippen molar-refractivity contribution in [2.24, 2.45) is 0 Å². The lowest BCUT2D eigenvalue weighted by atomic mass is 9.98. The van der Waals surface area contributed by atoms with Crippen LogP contribution >= 0.6 is 0 Å². The van der Waals surface area contributed by atoms with E-state index in [0.717, 1.165) is 12.1 Å². The van der Waals surface area contributed by atoms with E-state index in [1.807, 2.05) is 6.92 Å². The summed E-state index contributed by atoms with van der Waals surface area (Å²) in [5.74, 6) is -3.75. The summed E-state index contributed by atoms with van der Waals surface area (Å²) < 4.78 is 86.3. The molecule has 3 aromatic carbocycles. The van der Waals surface area contributed by atoms with Crippen LogP contribution in [0, 0.1) is 17.5 Å². The molecule has 0 N–H and O–H groups in total. The molecule has 0 bridgehead atoms. The van der Waals surface area contributed by atoms with E-state index in [0.29, 0.717) is 11.8 Å². The van der Waals surface area contributed by atoms with Gasteiger partial charge in [-0.15, -0.1) is 0 Å². The molecule has 0 saturated carbocycles. The van der Waals surface area contributed by atoms with Gasteiger partial charge < -0.3 is 4.74 Å². The fraction of sp³-hybridized carbons (Fsp3) is 0.143. The number of allylic oxidation sites excluding steroid dienone is 1. The summed E-state index contributed by atoms with van der Waals surface area (Å²) in [4.78, 5) is 0. The monoisotopic (exact) mass is 396 g/mol. The summed E-state index contributed by atoms with van der Waals surface area (Å²) in [5, 5.41) is -0.502. The molecule has 0 radical (unpaired) electrons. The molecule has 0 aliphatic carbocycles. The highest BCUT2D eigenvalue weighted by atomic mass is 19.4. The second-order valence-corrected chi connectivity index (χ2v) is 6.00. The molecule has 7 heteroatoms. The Morgan fingerprint density at radius 1 is 0.929 bits per heavy atom. The standard InChI is InChI=1S/C21H14F6O/c1-2-3-8-28-14-5-7-15(17(22)11-14)12-4-6-16-13(9-12)10-18(23)19(20(16)24)21(25,26)27/h2-7,9-11H,8H2,1H3. The molecule has 0 unspecified atom stereocenters. The van der Waals surface area contributed by atoms with E-state index in [1.54, 1.807) is 12.2 Å². The predicted molar refractivity (Wildman–Crippen MR) is 94.6 cm³/mol. The Morgan fingerprint density at radius 2 is 1.68 bits per heavy atom. The van der Waals surface area contributed by atoms with Crippen molar-refractivity contribution in [2.75, 3.05) is 6.61 Å². The molecule has 0 fully saturated rings. The van der Waals surface area contributed by atoms with Gasteiger partial charge in [-0.2, -0.15) is 13.2 Å². The lowest BCUT2D eigenvalue weighted by Gasteiger charge is -2.13. The van der Waals surface area contributed by atoms with Crippen molar-refractivity contribution >= 4 is 10.8 Å². The third kappa shape index (κ3) is 3.83. The van der Waals surface area contributed by atoms with E-state index >= 15 is 0 Å². The second kappa shape index (κ2) is 7.58. The SMILES string of the molecule is CC=CCOc1ccc(-c2ccc3c(F)c(C(F)(F)F)c(F)cc3c2)c(F)c1. The molecular weight excluding hydrogens is 382 g/mol. The topological polar surface area (TPSA) is 9.23 Å². The molecule has 0 spiro atoms. The summed E-state index contributed by atoms with van der Waals surface area (Å²) in [6.07, 6.45) is -1.63. The normalized spacial score (nSPS) is 12.1. The van der Waals surface area contributed by atoms with E-state index in [1.165, 1.54) is 24.3 Å². The second-order valence-electron chi connectivity index (χ2n) is 6.00. The van der Waals surface area contributed by atoms with Crippen molar-refractivity contribution in [2.45, 2.75) is 13.1 Å². The minimum Gasteiger partial charge on any atom is -0.489 e. The number of hydrogen-bond acceptors (Lipinski definition) is 1. The van der Waals surface area contributed by atoms with Gasteiger partial charge in [-0.25, -0.2) is 13.2 Å². The smallest absolute Gasteiger partial charge is 0.422 e. The first-order chi connectivity index (χ1) is 13.2. The summed E-state index contributed by atoms with van der Waals surface area (Å²) in [7, 11) is 0. The third-order valence-electron chi connectivity index (χ3n) is 4.15. The van der Waals surface area contributed by atoms with Crippen LogP contribution in [0.15, 0.2) is 54.6 Å². The van der Waals surface area contributed by atoms with Crippen LogP contribution < -0.4 is 4.74 Å². The summed E-state index contributed by atoms with van der Waals surface area (Å²) in [6.45, 7) is 2.08. The Labute approximate surface area is 156 Å². The maximum absolute atomic E-state index is 14.4. The van der Waals surface area contributed by atoms with Crippen molar-refractivity contribution in [3.05, 3.63) is 77.6 Å². The first kappa shape index (κ1) is 19.8. The van der Waals surface area contributed by atoms with E-state index in [9.17, 15) is 26.3 Å². The van der Waals surface area contributed by atoms with Crippen molar-refractivity contribution in [3.63, 3.8) is 0 Å². The number of fused-ring (bicyclic) bond motifs is 1. The first-order valence-corrected chi connectivity index (χ1v) is 8.25. The number of hydrogen-bond donors (Lipinski definition) is 0. The largest absolute Gasteiger partial charge is 0.489 e. The highest BCUT2D eigenvalue weighted by Crippen LogP contribution is 2.38. The van der Waals surface area contributed by atoms with Crippen LogP contribution in [-0.2, 0) is 6.18 Å². The molecule has 3 rings (SSSR count). The average molecular weight is 396 g/mol. The Kier molecular flexibility index (Phi) is 5.36.